The van der Waals surface area contributed by atoms with Gasteiger partial charge in [-0.05, 0) is 31.2 Å². The number of nitrogens with one attached hydrogen (secondary N) is 1. The zero-order valence-corrected chi connectivity index (χ0v) is 17.2. The van der Waals surface area contributed by atoms with E-state index in [9.17, 15) is 18.8 Å². The smallest absolute Gasteiger partial charge is 0.267 e. The molecule has 4 rings (SSSR count). The fourth-order valence-electron chi connectivity index (χ4n) is 3.27. The molecule has 0 radical (unpaired) electrons. The molecule has 2 aromatic carbocycles. The number of nitrogen functional groups attached to an aromatic ring is 1. The Kier molecular flexibility index (Phi) is 5.42. The Morgan fingerprint density at radius 2 is 1.94 bits per heavy atom. The molecule has 160 valence electrons. The largest absolute Gasteiger partial charge is 0.368 e. The Bertz CT molecular complexity index is 1450. The summed E-state index contributed by atoms with van der Waals surface area (Å²) in [5.74, 6) is -1.58. The van der Waals surface area contributed by atoms with Crippen molar-refractivity contribution in [2.24, 2.45) is 0 Å². The predicted molar refractivity (Wildman–Crippen MR) is 115 cm³/mol. The number of nitriles is 1. The van der Waals surface area contributed by atoms with Crippen molar-refractivity contribution in [1.29, 1.82) is 5.26 Å². The summed E-state index contributed by atoms with van der Waals surface area (Å²) in [4.78, 5) is 25.7. The molecule has 0 aliphatic rings. The van der Waals surface area contributed by atoms with Crippen LogP contribution in [0.5, 0.6) is 0 Å². The van der Waals surface area contributed by atoms with E-state index in [0.717, 1.165) is 16.7 Å². The minimum Gasteiger partial charge on any atom is -0.368 e. The molecule has 2 aromatic heterocycles. The van der Waals surface area contributed by atoms with Crippen LogP contribution in [-0.4, -0.2) is 19.5 Å². The first-order valence-electron chi connectivity index (χ1n) is 9.25. The number of anilines is 2. The van der Waals surface area contributed by atoms with E-state index in [2.05, 4.69) is 20.3 Å². The van der Waals surface area contributed by atoms with Crippen molar-refractivity contribution in [2.45, 2.75) is 13.0 Å². The van der Waals surface area contributed by atoms with Crippen molar-refractivity contribution >= 4 is 34.3 Å². The lowest BCUT2D eigenvalue weighted by Gasteiger charge is -2.21. The van der Waals surface area contributed by atoms with Crippen LogP contribution in [0.3, 0.4) is 0 Å². The standard InChI is InChI=1S/C21H14ClF2N7O/c1-10(28-18-11(8-25)9-27-21(26)30-18)19-29-16-4-2-3-15(22)17(16)20(32)31(19)14-6-12(23)5-13(24)7-14/h2-7,9-10H,1H3,(H3,26,27,28,30)/t10-/m0/s1. The molecule has 0 saturated heterocycles. The Balaban J connectivity index is 1.97. The third-order valence-electron chi connectivity index (χ3n) is 4.65. The fraction of sp³-hybridized carbons (Fsp3) is 0.0952. The molecular formula is C21H14ClF2N7O. The van der Waals surface area contributed by atoms with Gasteiger partial charge in [-0.25, -0.2) is 18.7 Å². The molecular weight excluding hydrogens is 440 g/mol. The monoisotopic (exact) mass is 453 g/mol. The molecule has 11 heteroatoms. The van der Waals surface area contributed by atoms with E-state index < -0.39 is 23.2 Å². The molecule has 2 heterocycles. The molecule has 0 aliphatic heterocycles. The summed E-state index contributed by atoms with van der Waals surface area (Å²) in [6, 6.07) is 8.65. The van der Waals surface area contributed by atoms with Gasteiger partial charge in [-0.1, -0.05) is 17.7 Å². The highest BCUT2D eigenvalue weighted by Crippen LogP contribution is 2.26. The van der Waals surface area contributed by atoms with Gasteiger partial charge in [0.05, 0.1) is 33.9 Å². The lowest BCUT2D eigenvalue weighted by Crippen LogP contribution is -2.28. The van der Waals surface area contributed by atoms with Crippen LogP contribution >= 0.6 is 11.6 Å². The van der Waals surface area contributed by atoms with E-state index in [4.69, 9.17) is 17.3 Å². The number of hydrogen-bond acceptors (Lipinski definition) is 7. The highest BCUT2D eigenvalue weighted by atomic mass is 35.5. The molecule has 32 heavy (non-hydrogen) atoms. The van der Waals surface area contributed by atoms with Crippen LogP contribution in [0.25, 0.3) is 16.6 Å². The van der Waals surface area contributed by atoms with Crippen molar-refractivity contribution in [1.82, 2.24) is 19.5 Å². The Labute approximate surface area is 184 Å². The zero-order valence-electron chi connectivity index (χ0n) is 16.5. The number of aromatic nitrogens is 4. The minimum absolute atomic E-state index is 0.0680. The number of nitrogens with zero attached hydrogens (tertiary/aromatic N) is 5. The molecule has 0 bridgehead atoms. The molecule has 8 nitrogen and oxygen atoms in total. The lowest BCUT2D eigenvalue weighted by molar-refractivity contribution is 0.579. The van der Waals surface area contributed by atoms with Crippen molar-refractivity contribution < 1.29 is 8.78 Å². The maximum absolute atomic E-state index is 14.0. The van der Waals surface area contributed by atoms with Crippen LogP contribution < -0.4 is 16.6 Å². The van der Waals surface area contributed by atoms with Gasteiger partial charge in [0.1, 0.15) is 34.9 Å². The highest BCUT2D eigenvalue weighted by molar-refractivity contribution is 6.35. The van der Waals surface area contributed by atoms with Gasteiger partial charge < -0.3 is 11.1 Å². The van der Waals surface area contributed by atoms with E-state index >= 15 is 0 Å². The van der Waals surface area contributed by atoms with Gasteiger partial charge in [0, 0.05) is 6.07 Å². The quantitative estimate of drug-likeness (QED) is 0.482. The Morgan fingerprint density at radius 3 is 2.62 bits per heavy atom. The van der Waals surface area contributed by atoms with Gasteiger partial charge in [0.25, 0.3) is 5.56 Å². The van der Waals surface area contributed by atoms with Crippen LogP contribution in [0, 0.1) is 23.0 Å². The number of benzene rings is 2. The SMILES string of the molecule is C[C@H](Nc1nc(N)ncc1C#N)c1nc2cccc(Cl)c2c(=O)n1-c1cc(F)cc(F)c1. The summed E-state index contributed by atoms with van der Waals surface area (Å²) >= 11 is 6.22. The number of nitrogens with two attached hydrogens (primary N) is 1. The average molecular weight is 454 g/mol. The second-order valence-electron chi connectivity index (χ2n) is 6.84. The normalized spacial score (nSPS) is 11.8. The third-order valence-corrected chi connectivity index (χ3v) is 4.96. The van der Waals surface area contributed by atoms with Gasteiger partial charge in [0.15, 0.2) is 0 Å². The van der Waals surface area contributed by atoms with E-state index in [-0.39, 0.29) is 39.3 Å². The van der Waals surface area contributed by atoms with Gasteiger partial charge >= 0.3 is 0 Å². The summed E-state index contributed by atoms with van der Waals surface area (Å²) in [7, 11) is 0. The molecule has 0 fully saturated rings. The molecule has 1 atom stereocenters. The highest BCUT2D eigenvalue weighted by Gasteiger charge is 2.21. The lowest BCUT2D eigenvalue weighted by atomic mass is 10.2. The maximum Gasteiger partial charge on any atom is 0.267 e. The molecule has 3 N–H and O–H groups in total. The maximum atomic E-state index is 14.0. The fourth-order valence-corrected chi connectivity index (χ4v) is 3.52. The first kappa shape index (κ1) is 21.1. The van der Waals surface area contributed by atoms with Crippen LogP contribution in [0.1, 0.15) is 24.4 Å². The van der Waals surface area contributed by atoms with Crippen molar-refractivity contribution in [3.05, 3.63) is 81.0 Å². The van der Waals surface area contributed by atoms with Crippen LogP contribution in [0.15, 0.2) is 47.4 Å². The summed E-state index contributed by atoms with van der Waals surface area (Å²) in [6.07, 6.45) is 1.25. The van der Waals surface area contributed by atoms with Crippen molar-refractivity contribution in [3.63, 3.8) is 0 Å². The summed E-state index contributed by atoms with van der Waals surface area (Å²) in [5.41, 5.74) is 5.34. The van der Waals surface area contributed by atoms with E-state index in [1.165, 1.54) is 12.3 Å². The number of hydrogen-bond donors (Lipinski definition) is 2. The van der Waals surface area contributed by atoms with Crippen LogP contribution in [-0.2, 0) is 0 Å². The second-order valence-corrected chi connectivity index (χ2v) is 7.25. The van der Waals surface area contributed by atoms with Gasteiger partial charge in [0.2, 0.25) is 5.95 Å². The first-order valence-corrected chi connectivity index (χ1v) is 9.63. The summed E-state index contributed by atoms with van der Waals surface area (Å²) in [5, 5.41) is 12.5. The topological polar surface area (TPSA) is 123 Å². The average Bonchev–Trinajstić information content (AvgIpc) is 2.73. The molecule has 0 aliphatic carbocycles. The third kappa shape index (κ3) is 3.81. The molecule has 0 saturated carbocycles. The van der Waals surface area contributed by atoms with Gasteiger partial charge in [-0.3, -0.25) is 9.36 Å². The predicted octanol–water partition coefficient (Wildman–Crippen LogP) is 3.73. The summed E-state index contributed by atoms with van der Waals surface area (Å²) < 4.78 is 29.0. The number of fused-ring (bicyclic) bond motifs is 1. The van der Waals surface area contributed by atoms with E-state index in [0.29, 0.717) is 11.6 Å². The van der Waals surface area contributed by atoms with Crippen molar-refractivity contribution in [3.8, 4) is 11.8 Å². The van der Waals surface area contributed by atoms with Crippen LogP contribution in [0.4, 0.5) is 20.5 Å². The Morgan fingerprint density at radius 1 is 1.22 bits per heavy atom. The molecule has 0 spiro atoms. The second kappa shape index (κ2) is 8.20. The van der Waals surface area contributed by atoms with E-state index in [1.54, 1.807) is 19.1 Å². The molecule has 0 amide bonds. The summed E-state index contributed by atoms with van der Waals surface area (Å²) in [6.45, 7) is 1.64. The first-order chi connectivity index (χ1) is 15.3. The van der Waals surface area contributed by atoms with Crippen LogP contribution in [0.2, 0.25) is 5.02 Å². The molecule has 4 aromatic rings. The van der Waals surface area contributed by atoms with Gasteiger partial charge in [-0.15, -0.1) is 0 Å². The minimum atomic E-state index is -0.868. The van der Waals surface area contributed by atoms with E-state index in [1.807, 2.05) is 6.07 Å². The number of halogens is 3. The molecule has 0 unspecified atom stereocenters. The van der Waals surface area contributed by atoms with Crippen molar-refractivity contribution in [2.75, 3.05) is 11.1 Å². The zero-order chi connectivity index (χ0) is 23.0. The number of rotatable bonds is 4. The van der Waals surface area contributed by atoms with Gasteiger partial charge in [-0.2, -0.15) is 10.2 Å². The Hall–Kier alpha value is -4.10.